The molecule has 0 fully saturated rings. The minimum atomic E-state index is -1.00. The predicted octanol–water partition coefficient (Wildman–Crippen LogP) is 3.54. The third-order valence-electron chi connectivity index (χ3n) is 7.87. The highest BCUT2D eigenvalue weighted by Crippen LogP contribution is 2.43. The molecule has 8 nitrogen and oxygen atoms in total. The van der Waals surface area contributed by atoms with Crippen LogP contribution in [0.3, 0.4) is 0 Å². The van der Waals surface area contributed by atoms with Gasteiger partial charge in [0, 0.05) is 35.8 Å². The van der Waals surface area contributed by atoms with E-state index in [1.165, 1.54) is 5.56 Å². The second-order valence-electron chi connectivity index (χ2n) is 9.92. The SMILES string of the molecule is C=C(CN(C)c1ccc2nc3c(c4c2c1CCC4)Cn1c-3cc2c(c1=O)COC(=O)C2CC)C(=O)O. The summed E-state index contributed by atoms with van der Waals surface area (Å²) in [6, 6.07) is 5.96. The zero-order valence-electron chi connectivity index (χ0n) is 20.4. The summed E-state index contributed by atoms with van der Waals surface area (Å²) < 4.78 is 7.09. The molecule has 1 atom stereocenters. The van der Waals surface area contributed by atoms with Crippen molar-refractivity contribution in [1.29, 1.82) is 0 Å². The van der Waals surface area contributed by atoms with Crippen molar-refractivity contribution < 1.29 is 19.4 Å². The summed E-state index contributed by atoms with van der Waals surface area (Å²) in [5.41, 5.74) is 8.26. The number of carbonyl (C=O) groups is 2. The molecule has 1 aliphatic carbocycles. The van der Waals surface area contributed by atoms with Gasteiger partial charge in [0.15, 0.2) is 0 Å². The Morgan fingerprint density at radius 3 is 2.75 bits per heavy atom. The smallest absolute Gasteiger partial charge is 0.332 e. The van der Waals surface area contributed by atoms with Gasteiger partial charge in [0.2, 0.25) is 0 Å². The van der Waals surface area contributed by atoms with Crippen LogP contribution in [0.25, 0.3) is 22.3 Å². The third-order valence-corrected chi connectivity index (χ3v) is 7.87. The lowest BCUT2D eigenvalue weighted by atomic mass is 9.85. The molecule has 2 aromatic heterocycles. The van der Waals surface area contributed by atoms with Gasteiger partial charge in [0.25, 0.3) is 5.56 Å². The van der Waals surface area contributed by atoms with Crippen molar-refractivity contribution in [3.8, 4) is 11.4 Å². The van der Waals surface area contributed by atoms with Crippen molar-refractivity contribution in [3.63, 3.8) is 0 Å². The summed E-state index contributed by atoms with van der Waals surface area (Å²) in [6.07, 6.45) is 3.31. The van der Waals surface area contributed by atoms with Crippen LogP contribution in [-0.2, 0) is 40.3 Å². The van der Waals surface area contributed by atoms with Gasteiger partial charge >= 0.3 is 11.9 Å². The van der Waals surface area contributed by atoms with Crippen LogP contribution in [0.1, 0.15) is 53.5 Å². The molecule has 1 N–H and O–H groups in total. The van der Waals surface area contributed by atoms with Gasteiger partial charge in [-0.15, -0.1) is 0 Å². The fourth-order valence-corrected chi connectivity index (χ4v) is 6.12. The number of benzene rings is 1. The van der Waals surface area contributed by atoms with Crippen LogP contribution in [-0.4, -0.2) is 40.2 Å². The number of nitrogens with zero attached hydrogens (tertiary/aromatic N) is 3. The molecule has 0 spiro atoms. The van der Waals surface area contributed by atoms with E-state index < -0.39 is 11.9 Å². The fraction of sp³-hybridized carbons (Fsp3) is 0.357. The Morgan fingerprint density at radius 1 is 1.22 bits per heavy atom. The summed E-state index contributed by atoms with van der Waals surface area (Å²) in [5.74, 6) is -1.71. The van der Waals surface area contributed by atoms with Gasteiger partial charge in [-0.1, -0.05) is 13.5 Å². The summed E-state index contributed by atoms with van der Waals surface area (Å²) in [6.45, 7) is 6.31. The number of esters is 1. The number of hydrogen-bond donors (Lipinski definition) is 1. The van der Waals surface area contributed by atoms with E-state index in [0.717, 1.165) is 63.9 Å². The minimum absolute atomic E-state index is 0.0177. The van der Waals surface area contributed by atoms with Gasteiger partial charge in [0.1, 0.15) is 6.61 Å². The molecule has 6 rings (SSSR count). The molecule has 3 aromatic rings. The average molecular weight is 486 g/mol. The number of rotatable bonds is 5. The standard InChI is InChI=1S/C28H27N3O5/c1-4-15-18-10-23-25-19(12-31(23)26(32)20(18)13-36-28(15)35)16-6-5-7-17-22(9-8-21(29-25)24(16)17)30(3)11-14(2)27(33)34/h8-10,15H,2,4-7,11-13H2,1,3H3,(H,33,34). The summed E-state index contributed by atoms with van der Waals surface area (Å²) in [7, 11) is 1.88. The van der Waals surface area contributed by atoms with Gasteiger partial charge in [0.05, 0.1) is 34.9 Å². The largest absolute Gasteiger partial charge is 0.478 e. The first-order chi connectivity index (χ1) is 17.3. The molecule has 1 aromatic carbocycles. The monoisotopic (exact) mass is 485 g/mol. The van der Waals surface area contributed by atoms with E-state index >= 15 is 0 Å². The molecule has 3 aliphatic rings. The molecular formula is C28H27N3O5. The highest BCUT2D eigenvalue weighted by Gasteiger charge is 2.35. The molecule has 0 amide bonds. The maximum Gasteiger partial charge on any atom is 0.332 e. The first-order valence-electron chi connectivity index (χ1n) is 12.3. The van der Waals surface area contributed by atoms with Gasteiger partial charge in [-0.3, -0.25) is 9.59 Å². The molecule has 2 aliphatic heterocycles. The Hall–Kier alpha value is -3.94. The molecule has 1 unspecified atom stereocenters. The van der Waals surface area contributed by atoms with Crippen molar-refractivity contribution in [2.45, 2.75) is 51.7 Å². The molecule has 36 heavy (non-hydrogen) atoms. The number of aromatic nitrogens is 2. The number of likely N-dealkylation sites (N-methyl/N-ethyl adjacent to an activating group) is 1. The topological polar surface area (TPSA) is 102 Å². The van der Waals surface area contributed by atoms with Crippen LogP contribution in [0, 0.1) is 0 Å². The van der Waals surface area contributed by atoms with Crippen molar-refractivity contribution in [1.82, 2.24) is 9.55 Å². The number of carbonyl (C=O) groups excluding carboxylic acids is 1. The number of carboxylic acid groups (broad SMARTS) is 1. The number of fused-ring (bicyclic) bond motifs is 5. The number of carboxylic acids is 1. The van der Waals surface area contributed by atoms with Gasteiger partial charge < -0.3 is 19.3 Å². The first kappa shape index (κ1) is 22.5. The molecule has 8 heteroatoms. The Balaban J connectivity index is 1.52. The molecule has 4 heterocycles. The summed E-state index contributed by atoms with van der Waals surface area (Å²) in [4.78, 5) is 44.2. The quantitative estimate of drug-likeness (QED) is 0.341. The van der Waals surface area contributed by atoms with E-state index in [1.807, 2.05) is 37.1 Å². The van der Waals surface area contributed by atoms with Crippen LogP contribution >= 0.6 is 0 Å². The van der Waals surface area contributed by atoms with Gasteiger partial charge in [-0.05, 0) is 60.6 Å². The minimum Gasteiger partial charge on any atom is -0.478 e. The molecular weight excluding hydrogens is 458 g/mol. The van der Waals surface area contributed by atoms with Crippen LogP contribution in [0.5, 0.6) is 0 Å². The lowest BCUT2D eigenvalue weighted by molar-refractivity contribution is -0.148. The number of hydrogen-bond acceptors (Lipinski definition) is 6. The lowest BCUT2D eigenvalue weighted by Crippen LogP contribution is -2.32. The fourth-order valence-electron chi connectivity index (χ4n) is 6.12. The number of aryl methyl sites for hydroxylation is 2. The van der Waals surface area contributed by atoms with Gasteiger partial charge in [-0.2, -0.15) is 0 Å². The zero-order valence-corrected chi connectivity index (χ0v) is 20.4. The average Bonchev–Trinajstić information content (AvgIpc) is 3.23. The number of aliphatic carboxylic acids is 1. The van der Waals surface area contributed by atoms with Gasteiger partial charge in [-0.25, -0.2) is 9.78 Å². The Bertz CT molecular complexity index is 1570. The number of cyclic esters (lactones) is 1. The first-order valence-corrected chi connectivity index (χ1v) is 12.3. The van der Waals surface area contributed by atoms with Crippen LogP contribution in [0.4, 0.5) is 5.69 Å². The van der Waals surface area contributed by atoms with Crippen LogP contribution in [0.15, 0.2) is 35.1 Å². The normalized spacial score (nSPS) is 17.3. The molecule has 0 bridgehead atoms. The van der Waals surface area contributed by atoms with Crippen LogP contribution in [0.2, 0.25) is 0 Å². The van der Waals surface area contributed by atoms with E-state index in [1.54, 1.807) is 4.57 Å². The van der Waals surface area contributed by atoms with E-state index in [0.29, 0.717) is 18.5 Å². The maximum atomic E-state index is 13.5. The molecule has 184 valence electrons. The Labute approximate surface area is 207 Å². The Morgan fingerprint density at radius 2 is 2.00 bits per heavy atom. The van der Waals surface area contributed by atoms with Crippen LogP contribution < -0.4 is 10.5 Å². The zero-order chi connectivity index (χ0) is 25.3. The van der Waals surface area contributed by atoms with Crippen molar-refractivity contribution in [2.24, 2.45) is 0 Å². The molecule has 0 saturated heterocycles. The summed E-state index contributed by atoms with van der Waals surface area (Å²) >= 11 is 0. The van der Waals surface area contributed by atoms with Crippen molar-refractivity contribution >= 4 is 28.5 Å². The van der Waals surface area contributed by atoms with E-state index in [2.05, 4.69) is 6.58 Å². The maximum absolute atomic E-state index is 13.5. The van der Waals surface area contributed by atoms with E-state index in [4.69, 9.17) is 9.72 Å². The predicted molar refractivity (Wildman–Crippen MR) is 135 cm³/mol. The number of pyridine rings is 2. The second-order valence-corrected chi connectivity index (χ2v) is 9.92. The second kappa shape index (κ2) is 8.05. The summed E-state index contributed by atoms with van der Waals surface area (Å²) in [5, 5.41) is 10.4. The Kier molecular flexibility index (Phi) is 5.03. The third kappa shape index (κ3) is 3.13. The van der Waals surface area contributed by atoms with E-state index in [9.17, 15) is 19.5 Å². The highest BCUT2D eigenvalue weighted by molar-refractivity contribution is 5.95. The van der Waals surface area contributed by atoms with Crippen molar-refractivity contribution in [2.75, 3.05) is 18.5 Å². The van der Waals surface area contributed by atoms with Crippen molar-refractivity contribution in [3.05, 3.63) is 68.5 Å². The number of anilines is 1. The number of ether oxygens (including phenoxy) is 1. The highest BCUT2D eigenvalue weighted by atomic mass is 16.5. The van der Waals surface area contributed by atoms with E-state index in [-0.39, 0.29) is 30.3 Å². The molecule has 0 radical (unpaired) electrons. The lowest BCUT2D eigenvalue weighted by Gasteiger charge is -2.27. The molecule has 0 saturated carbocycles.